The Balaban J connectivity index is 4.41. The van der Waals surface area contributed by atoms with Crippen LogP contribution < -0.4 is 0 Å². The second kappa shape index (κ2) is 6.42. The van der Waals surface area contributed by atoms with Crippen molar-refractivity contribution in [3.63, 3.8) is 0 Å². The van der Waals surface area contributed by atoms with Crippen LogP contribution in [0.4, 0.5) is 0 Å². The SMILES string of the molecule is CC(C)OP(=[Se])(OC(C)C)OC(C)C. The molecule has 0 N–H and O–H groups in total. The number of hydrogen-bond acceptors (Lipinski definition) is 3. The summed E-state index contributed by atoms with van der Waals surface area (Å²) in [5.74, 6) is 0. The Morgan fingerprint density at radius 2 is 0.929 bits per heavy atom. The molecule has 0 saturated carbocycles. The summed E-state index contributed by atoms with van der Waals surface area (Å²) in [5.41, 5.74) is 0. The predicted octanol–water partition coefficient (Wildman–Crippen LogP) is 3.11. The molecular weight excluding hydrogens is 266 g/mol. The fraction of sp³-hybridized carbons (Fsp3) is 1.00. The fourth-order valence-electron chi connectivity index (χ4n) is 0.849. The summed E-state index contributed by atoms with van der Waals surface area (Å²) in [6, 6.07) is 0. The molecule has 0 aromatic rings. The molecule has 0 unspecified atom stereocenters. The van der Waals surface area contributed by atoms with Gasteiger partial charge >= 0.3 is 94.7 Å². The number of rotatable bonds is 6. The van der Waals surface area contributed by atoms with Crippen molar-refractivity contribution in [2.75, 3.05) is 0 Å². The van der Waals surface area contributed by atoms with Crippen LogP contribution in [0.15, 0.2) is 0 Å². The van der Waals surface area contributed by atoms with E-state index in [1.54, 1.807) is 0 Å². The Bertz CT molecular complexity index is 171. The zero-order chi connectivity index (χ0) is 11.4. The zero-order valence-electron chi connectivity index (χ0n) is 9.81. The van der Waals surface area contributed by atoms with E-state index in [1.807, 2.05) is 41.5 Å². The Morgan fingerprint density at radius 1 is 0.714 bits per heavy atom. The van der Waals surface area contributed by atoms with Gasteiger partial charge in [0, 0.05) is 0 Å². The summed E-state index contributed by atoms with van der Waals surface area (Å²) >= 11 is 2.93. The quantitative estimate of drug-likeness (QED) is 0.555. The van der Waals surface area contributed by atoms with Crippen molar-refractivity contribution in [3.8, 4) is 0 Å². The summed E-state index contributed by atoms with van der Waals surface area (Å²) in [5, 5.41) is 0. The minimum atomic E-state index is -2.26. The fourth-order valence-corrected chi connectivity index (χ4v) is 5.80. The first-order valence-corrected chi connectivity index (χ1v) is 8.66. The van der Waals surface area contributed by atoms with E-state index in [2.05, 4.69) is 15.1 Å². The normalized spacial score (nSPS) is 13.2. The van der Waals surface area contributed by atoms with E-state index in [-0.39, 0.29) is 18.3 Å². The molecule has 14 heavy (non-hydrogen) atoms. The summed E-state index contributed by atoms with van der Waals surface area (Å²) in [6.07, 6.45) is -1.97. The maximum absolute atomic E-state index is 5.67. The van der Waals surface area contributed by atoms with Crippen LogP contribution in [-0.4, -0.2) is 33.4 Å². The zero-order valence-corrected chi connectivity index (χ0v) is 12.4. The molecule has 0 atom stereocenters. The van der Waals surface area contributed by atoms with Crippen molar-refractivity contribution in [2.45, 2.75) is 59.9 Å². The van der Waals surface area contributed by atoms with Gasteiger partial charge in [0.2, 0.25) is 0 Å². The molecule has 0 heterocycles. The molecule has 5 heteroatoms. The van der Waals surface area contributed by atoms with E-state index in [9.17, 15) is 0 Å². The molecule has 0 saturated heterocycles. The molecule has 0 aromatic heterocycles. The van der Waals surface area contributed by atoms with Crippen LogP contribution in [0.1, 0.15) is 41.5 Å². The number of hydrogen-bond donors (Lipinski definition) is 0. The third-order valence-electron chi connectivity index (χ3n) is 1.02. The van der Waals surface area contributed by atoms with Crippen molar-refractivity contribution in [2.24, 2.45) is 0 Å². The molecule has 0 aliphatic carbocycles. The van der Waals surface area contributed by atoms with Crippen molar-refractivity contribution in [3.05, 3.63) is 0 Å². The predicted molar refractivity (Wildman–Crippen MR) is 61.3 cm³/mol. The first kappa shape index (κ1) is 14.8. The van der Waals surface area contributed by atoms with Crippen molar-refractivity contribution < 1.29 is 13.6 Å². The molecule has 0 bridgehead atoms. The first-order chi connectivity index (χ1) is 6.25. The molecule has 0 aromatic carbocycles. The van der Waals surface area contributed by atoms with Crippen LogP contribution in [0.3, 0.4) is 0 Å². The Morgan fingerprint density at radius 3 is 1.07 bits per heavy atom. The maximum atomic E-state index is 5.67. The summed E-state index contributed by atoms with van der Waals surface area (Å²) in [7, 11) is 0. The average molecular weight is 287 g/mol. The van der Waals surface area contributed by atoms with Crippen LogP contribution in [0.5, 0.6) is 0 Å². The van der Waals surface area contributed by atoms with Crippen molar-refractivity contribution >= 4 is 21.3 Å². The summed E-state index contributed by atoms with van der Waals surface area (Å²) < 4.78 is 17.0. The van der Waals surface area contributed by atoms with Gasteiger partial charge in [-0.1, -0.05) is 0 Å². The van der Waals surface area contributed by atoms with Gasteiger partial charge in [0.15, 0.2) is 0 Å². The van der Waals surface area contributed by atoms with Crippen molar-refractivity contribution in [1.29, 1.82) is 0 Å². The van der Waals surface area contributed by atoms with Crippen LogP contribution in [0.2, 0.25) is 0 Å². The second-order valence-corrected chi connectivity index (χ2v) is 8.25. The molecule has 0 fully saturated rings. The van der Waals surface area contributed by atoms with E-state index < -0.39 is 6.19 Å². The molecule has 0 amide bonds. The topological polar surface area (TPSA) is 27.7 Å². The average Bonchev–Trinajstić information content (AvgIpc) is 1.76. The molecule has 86 valence electrons. The standard InChI is InChI=1S/C9H21O3PSe/c1-7(2)10-13(14,11-8(3)4)12-9(5)6/h7-9H,1-6H3. The Kier molecular flexibility index (Phi) is 6.80. The van der Waals surface area contributed by atoms with Gasteiger partial charge in [-0.15, -0.1) is 0 Å². The Labute approximate surface area is 95.0 Å². The second-order valence-electron chi connectivity index (χ2n) is 3.91. The van der Waals surface area contributed by atoms with Gasteiger partial charge in [0.05, 0.1) is 0 Å². The monoisotopic (exact) mass is 288 g/mol. The van der Waals surface area contributed by atoms with E-state index in [0.717, 1.165) is 0 Å². The third kappa shape index (κ3) is 7.16. The van der Waals surface area contributed by atoms with Gasteiger partial charge in [0.25, 0.3) is 0 Å². The van der Waals surface area contributed by atoms with Crippen LogP contribution in [0.25, 0.3) is 0 Å². The van der Waals surface area contributed by atoms with Gasteiger partial charge in [-0.2, -0.15) is 0 Å². The van der Waals surface area contributed by atoms with Crippen molar-refractivity contribution in [1.82, 2.24) is 0 Å². The van der Waals surface area contributed by atoms with E-state index in [4.69, 9.17) is 13.6 Å². The van der Waals surface area contributed by atoms with Crippen LogP contribution in [0, 0.1) is 0 Å². The Hall–Kier alpha value is 0.829. The first-order valence-electron chi connectivity index (χ1n) is 4.90. The van der Waals surface area contributed by atoms with Gasteiger partial charge in [0.1, 0.15) is 0 Å². The van der Waals surface area contributed by atoms with Crippen LogP contribution >= 0.6 is 6.19 Å². The third-order valence-corrected chi connectivity index (χ3v) is 4.68. The minimum absolute atomic E-state index is 0.0992. The van der Waals surface area contributed by atoms with Crippen LogP contribution in [-0.2, 0) is 13.6 Å². The molecule has 0 aliphatic heterocycles. The van der Waals surface area contributed by atoms with Gasteiger partial charge in [-0.25, -0.2) is 0 Å². The van der Waals surface area contributed by atoms with E-state index in [0.29, 0.717) is 0 Å². The molecule has 0 aliphatic rings. The van der Waals surface area contributed by atoms with Gasteiger partial charge < -0.3 is 0 Å². The molecule has 0 rings (SSSR count). The summed E-state index contributed by atoms with van der Waals surface area (Å²) in [4.78, 5) is 0. The summed E-state index contributed by atoms with van der Waals surface area (Å²) in [6.45, 7) is 11.8. The molecule has 0 spiro atoms. The molecular formula is C9H21O3PSe. The van der Waals surface area contributed by atoms with E-state index >= 15 is 0 Å². The van der Waals surface area contributed by atoms with E-state index in [1.165, 1.54) is 0 Å². The van der Waals surface area contributed by atoms with Gasteiger partial charge in [-0.3, -0.25) is 0 Å². The molecule has 0 radical (unpaired) electrons. The van der Waals surface area contributed by atoms with Gasteiger partial charge in [-0.05, 0) is 0 Å². The molecule has 3 nitrogen and oxygen atoms in total.